The zero-order valence-electron chi connectivity index (χ0n) is 10.2. The molecular weight excluding hydrogens is 287 g/mol. The van der Waals surface area contributed by atoms with E-state index in [1.807, 2.05) is 17.5 Å². The number of hydrogen-bond acceptors (Lipinski definition) is 3. The lowest BCUT2D eigenvalue weighted by molar-refractivity contribution is -0.137. The van der Waals surface area contributed by atoms with Gasteiger partial charge in [0.15, 0.2) is 0 Å². The zero-order chi connectivity index (χ0) is 14.3. The second kappa shape index (κ2) is 4.52. The number of nitrogen functional groups attached to an aromatic ring is 1. The third-order valence-electron chi connectivity index (χ3n) is 2.98. The number of hydrogen-bond donors (Lipinski definition) is 1. The fourth-order valence-corrected chi connectivity index (χ4v) is 2.80. The fraction of sp³-hybridized carbons (Fsp3) is 0.154. The lowest BCUT2D eigenvalue weighted by Crippen LogP contribution is -2.06. The molecule has 0 aliphatic heterocycles. The Bertz CT molecular complexity index is 744. The lowest BCUT2D eigenvalue weighted by atomic mass is 10.1. The van der Waals surface area contributed by atoms with Gasteiger partial charge in [0, 0.05) is 4.88 Å². The number of aromatic nitrogens is 2. The molecule has 0 atom stereocenters. The maximum absolute atomic E-state index is 12.7. The van der Waals surface area contributed by atoms with Crippen LogP contribution < -0.4 is 5.73 Å². The molecule has 0 saturated carbocycles. The number of anilines is 1. The molecule has 7 heteroatoms. The van der Waals surface area contributed by atoms with Gasteiger partial charge in [-0.05, 0) is 23.6 Å². The zero-order valence-corrected chi connectivity index (χ0v) is 11.0. The van der Waals surface area contributed by atoms with Crippen molar-refractivity contribution in [2.45, 2.75) is 12.7 Å². The molecule has 1 aromatic carbocycles. The van der Waals surface area contributed by atoms with Crippen molar-refractivity contribution in [2.24, 2.45) is 0 Å². The number of imidazole rings is 1. The highest BCUT2D eigenvalue weighted by Crippen LogP contribution is 2.34. The Balaban J connectivity index is 2.09. The standard InChI is InChI=1S/C13H10F3N3S/c14-13(15,16)8-4-10(17)12-11(5-8)18-7-19(12)6-9-2-1-3-20-9/h1-5,7H,6,17H2. The number of fused-ring (bicyclic) bond motifs is 1. The van der Waals surface area contributed by atoms with Gasteiger partial charge in [-0.2, -0.15) is 13.2 Å². The predicted molar refractivity (Wildman–Crippen MR) is 72.6 cm³/mol. The number of halogens is 3. The molecule has 104 valence electrons. The highest BCUT2D eigenvalue weighted by Gasteiger charge is 2.31. The average Bonchev–Trinajstić information content (AvgIpc) is 2.98. The van der Waals surface area contributed by atoms with Gasteiger partial charge in [0.05, 0.1) is 35.2 Å². The van der Waals surface area contributed by atoms with Crippen LogP contribution in [0.1, 0.15) is 10.4 Å². The summed E-state index contributed by atoms with van der Waals surface area (Å²) in [6.07, 6.45) is -2.90. The highest BCUT2D eigenvalue weighted by molar-refractivity contribution is 7.09. The first-order chi connectivity index (χ1) is 9.45. The molecule has 20 heavy (non-hydrogen) atoms. The summed E-state index contributed by atoms with van der Waals surface area (Å²) in [5.41, 5.74) is 5.88. The molecule has 0 fully saturated rings. The molecule has 2 heterocycles. The first kappa shape index (κ1) is 13.0. The minimum atomic E-state index is -4.42. The number of nitrogens with two attached hydrogens (primary N) is 1. The van der Waals surface area contributed by atoms with E-state index in [0.717, 1.165) is 17.0 Å². The Morgan fingerprint density at radius 3 is 2.75 bits per heavy atom. The van der Waals surface area contributed by atoms with E-state index in [4.69, 9.17) is 5.73 Å². The minimum absolute atomic E-state index is 0.0869. The third-order valence-corrected chi connectivity index (χ3v) is 3.84. The Morgan fingerprint density at radius 1 is 1.30 bits per heavy atom. The number of thiophene rings is 1. The Kier molecular flexibility index (Phi) is 2.93. The van der Waals surface area contributed by atoms with E-state index >= 15 is 0 Å². The minimum Gasteiger partial charge on any atom is -0.397 e. The summed E-state index contributed by atoms with van der Waals surface area (Å²) in [6.45, 7) is 0.545. The molecule has 0 unspecified atom stereocenters. The van der Waals surface area contributed by atoms with Crippen LogP contribution in [0.25, 0.3) is 11.0 Å². The number of rotatable bonds is 2. The van der Waals surface area contributed by atoms with E-state index in [1.54, 1.807) is 15.9 Å². The van der Waals surface area contributed by atoms with E-state index in [0.29, 0.717) is 12.1 Å². The van der Waals surface area contributed by atoms with Crippen LogP contribution in [-0.4, -0.2) is 9.55 Å². The predicted octanol–water partition coefficient (Wildman–Crippen LogP) is 3.75. The smallest absolute Gasteiger partial charge is 0.397 e. The summed E-state index contributed by atoms with van der Waals surface area (Å²) in [5.74, 6) is 0. The van der Waals surface area contributed by atoms with Gasteiger partial charge < -0.3 is 10.3 Å². The number of alkyl halides is 3. The molecular formula is C13H10F3N3S. The normalized spacial score (nSPS) is 12.2. The Labute approximate surface area is 116 Å². The van der Waals surface area contributed by atoms with Crippen LogP contribution in [0.4, 0.5) is 18.9 Å². The van der Waals surface area contributed by atoms with Gasteiger partial charge in [0.25, 0.3) is 0 Å². The molecule has 0 amide bonds. The van der Waals surface area contributed by atoms with Gasteiger partial charge in [-0.15, -0.1) is 11.3 Å². The van der Waals surface area contributed by atoms with E-state index in [1.165, 1.54) is 6.33 Å². The molecule has 0 spiro atoms. The summed E-state index contributed by atoms with van der Waals surface area (Å²) in [4.78, 5) is 5.11. The van der Waals surface area contributed by atoms with Gasteiger partial charge in [-0.3, -0.25) is 0 Å². The van der Waals surface area contributed by atoms with Crippen LogP contribution >= 0.6 is 11.3 Å². The van der Waals surface area contributed by atoms with Gasteiger partial charge in [-0.25, -0.2) is 4.98 Å². The topological polar surface area (TPSA) is 43.8 Å². The molecule has 3 aromatic rings. The van der Waals surface area contributed by atoms with Crippen molar-refractivity contribution in [2.75, 3.05) is 5.73 Å². The molecule has 3 rings (SSSR count). The third kappa shape index (κ3) is 2.24. The summed E-state index contributed by atoms with van der Waals surface area (Å²) in [5, 5.41) is 1.94. The average molecular weight is 297 g/mol. The van der Waals surface area contributed by atoms with E-state index < -0.39 is 11.7 Å². The van der Waals surface area contributed by atoms with Gasteiger partial charge in [0.1, 0.15) is 0 Å². The molecule has 2 aromatic heterocycles. The molecule has 0 saturated heterocycles. The maximum Gasteiger partial charge on any atom is 0.416 e. The van der Waals surface area contributed by atoms with E-state index in [-0.39, 0.29) is 11.2 Å². The van der Waals surface area contributed by atoms with Crippen LogP contribution in [0.15, 0.2) is 36.0 Å². The number of nitrogens with zero attached hydrogens (tertiary/aromatic N) is 2. The van der Waals surface area contributed by atoms with Crippen molar-refractivity contribution in [3.05, 3.63) is 46.4 Å². The second-order valence-electron chi connectivity index (χ2n) is 4.38. The van der Waals surface area contributed by atoms with Crippen LogP contribution in [0.3, 0.4) is 0 Å². The van der Waals surface area contributed by atoms with E-state index in [9.17, 15) is 13.2 Å². The van der Waals surface area contributed by atoms with Gasteiger partial charge in [-0.1, -0.05) is 6.07 Å². The largest absolute Gasteiger partial charge is 0.416 e. The lowest BCUT2D eigenvalue weighted by Gasteiger charge is -2.09. The summed E-state index contributed by atoms with van der Waals surface area (Å²) < 4.78 is 39.9. The van der Waals surface area contributed by atoms with Crippen LogP contribution in [0.2, 0.25) is 0 Å². The molecule has 2 N–H and O–H groups in total. The fourth-order valence-electron chi connectivity index (χ4n) is 2.10. The summed E-state index contributed by atoms with van der Waals surface area (Å²) in [6, 6.07) is 5.85. The van der Waals surface area contributed by atoms with Gasteiger partial charge in [0.2, 0.25) is 0 Å². The SMILES string of the molecule is Nc1cc(C(F)(F)F)cc2ncn(Cc3cccs3)c12. The van der Waals surface area contributed by atoms with Crippen LogP contribution in [-0.2, 0) is 12.7 Å². The van der Waals surface area contributed by atoms with Crippen LogP contribution in [0.5, 0.6) is 0 Å². The number of benzene rings is 1. The van der Waals surface area contributed by atoms with Crippen molar-refractivity contribution in [3.63, 3.8) is 0 Å². The first-order valence-corrected chi connectivity index (χ1v) is 6.67. The molecule has 0 aliphatic carbocycles. The molecule has 0 aliphatic rings. The summed E-state index contributed by atoms with van der Waals surface area (Å²) in [7, 11) is 0. The molecule has 0 bridgehead atoms. The second-order valence-corrected chi connectivity index (χ2v) is 5.42. The first-order valence-electron chi connectivity index (χ1n) is 5.79. The quantitative estimate of drug-likeness (QED) is 0.732. The van der Waals surface area contributed by atoms with Gasteiger partial charge >= 0.3 is 6.18 Å². The monoisotopic (exact) mass is 297 g/mol. The Morgan fingerprint density at radius 2 is 2.10 bits per heavy atom. The molecule has 0 radical (unpaired) electrons. The van der Waals surface area contributed by atoms with Crippen molar-refractivity contribution in [3.8, 4) is 0 Å². The van der Waals surface area contributed by atoms with Crippen molar-refractivity contribution in [1.82, 2.24) is 9.55 Å². The van der Waals surface area contributed by atoms with Crippen molar-refractivity contribution < 1.29 is 13.2 Å². The van der Waals surface area contributed by atoms with Crippen molar-refractivity contribution >= 4 is 28.1 Å². The maximum atomic E-state index is 12.7. The molecule has 3 nitrogen and oxygen atoms in total. The summed E-state index contributed by atoms with van der Waals surface area (Å²) >= 11 is 1.57. The van der Waals surface area contributed by atoms with Crippen LogP contribution in [0, 0.1) is 0 Å². The Hall–Kier alpha value is -2.02. The highest BCUT2D eigenvalue weighted by atomic mass is 32.1. The van der Waals surface area contributed by atoms with Crippen molar-refractivity contribution in [1.29, 1.82) is 0 Å². The van der Waals surface area contributed by atoms with E-state index in [2.05, 4.69) is 4.98 Å².